The van der Waals surface area contributed by atoms with Gasteiger partial charge in [0.15, 0.2) is 11.5 Å². The van der Waals surface area contributed by atoms with Crippen molar-refractivity contribution in [2.24, 2.45) is 0 Å². The lowest BCUT2D eigenvalue weighted by Gasteiger charge is -2.21. The van der Waals surface area contributed by atoms with Crippen LogP contribution in [-0.4, -0.2) is 63.2 Å². The molecule has 1 N–H and O–H groups in total. The third-order valence-electron chi connectivity index (χ3n) is 4.57. The number of rotatable bonds is 9. The number of amides is 3. The molecule has 10 nitrogen and oxygen atoms in total. The largest absolute Gasteiger partial charge is 0.496 e. The van der Waals surface area contributed by atoms with Gasteiger partial charge in [-0.2, -0.15) is 0 Å². The maximum absolute atomic E-state index is 12.5. The average Bonchev–Trinajstić information content (AvgIpc) is 3.09. The number of carbonyl (C=O) groups excluding carboxylic acids is 4. The Balaban J connectivity index is 2.30. The Hall–Kier alpha value is -3.82. The zero-order valence-corrected chi connectivity index (χ0v) is 18.6. The van der Waals surface area contributed by atoms with Crippen LogP contribution in [0.25, 0.3) is 6.08 Å². The number of nitrogens with zero attached hydrogens (tertiary/aromatic N) is 1. The standard InChI is InChI=1S/C22H26N2O8/c1-13(2)19-15(29-3)12-14(6-9-18(27)30-4)20(21(19)31-5)32-22(28)23-10-11-24-16(25)7-8-17(24)26/h6-9,12-13H,10-11H2,1-5H3,(H,23,28)/b9-6+. The van der Waals surface area contributed by atoms with Gasteiger partial charge in [0.1, 0.15) is 5.75 Å². The van der Waals surface area contributed by atoms with Crippen LogP contribution in [0.4, 0.5) is 4.79 Å². The molecule has 1 aromatic rings. The highest BCUT2D eigenvalue weighted by Gasteiger charge is 2.25. The maximum atomic E-state index is 12.5. The molecule has 0 atom stereocenters. The monoisotopic (exact) mass is 446 g/mol. The zero-order chi connectivity index (χ0) is 23.8. The molecule has 0 aliphatic carbocycles. The summed E-state index contributed by atoms with van der Waals surface area (Å²) in [5.41, 5.74) is 1.02. The molecular formula is C22H26N2O8. The van der Waals surface area contributed by atoms with Crippen LogP contribution < -0.4 is 19.5 Å². The number of benzene rings is 1. The van der Waals surface area contributed by atoms with Crippen molar-refractivity contribution in [1.82, 2.24) is 10.2 Å². The van der Waals surface area contributed by atoms with Gasteiger partial charge in [-0.15, -0.1) is 0 Å². The fourth-order valence-corrected chi connectivity index (χ4v) is 3.07. The number of methoxy groups -OCH3 is 3. The van der Waals surface area contributed by atoms with E-state index in [1.807, 2.05) is 13.8 Å². The van der Waals surface area contributed by atoms with E-state index in [0.717, 1.165) is 17.1 Å². The molecule has 10 heteroatoms. The predicted molar refractivity (Wildman–Crippen MR) is 115 cm³/mol. The summed E-state index contributed by atoms with van der Waals surface area (Å²) >= 11 is 0. The first-order valence-electron chi connectivity index (χ1n) is 9.77. The van der Waals surface area contributed by atoms with Crippen LogP contribution in [0, 0.1) is 0 Å². The third kappa shape index (κ3) is 5.65. The predicted octanol–water partition coefficient (Wildman–Crippen LogP) is 2.03. The molecule has 1 aliphatic rings. The van der Waals surface area contributed by atoms with E-state index < -0.39 is 23.9 Å². The molecule has 1 heterocycles. The van der Waals surface area contributed by atoms with Gasteiger partial charge in [-0.3, -0.25) is 14.5 Å². The van der Waals surface area contributed by atoms with E-state index in [1.165, 1.54) is 33.5 Å². The molecule has 1 aliphatic heterocycles. The summed E-state index contributed by atoms with van der Waals surface area (Å²) in [6, 6.07) is 1.62. The van der Waals surface area contributed by atoms with Crippen molar-refractivity contribution in [3.05, 3.63) is 35.4 Å². The molecule has 2 rings (SSSR count). The Bertz CT molecular complexity index is 947. The maximum Gasteiger partial charge on any atom is 0.412 e. The zero-order valence-electron chi connectivity index (χ0n) is 18.6. The highest BCUT2D eigenvalue weighted by molar-refractivity contribution is 6.12. The summed E-state index contributed by atoms with van der Waals surface area (Å²) in [5, 5.41) is 2.49. The second kappa shape index (κ2) is 11.0. The SMILES string of the molecule is COC(=O)/C=C/c1cc(OC)c(C(C)C)c(OC)c1OC(=O)NCCN1C(=O)C=CC1=O. The summed E-state index contributed by atoms with van der Waals surface area (Å²) in [6.45, 7) is 3.82. The average molecular weight is 446 g/mol. The number of carbonyl (C=O) groups is 4. The normalized spacial score (nSPS) is 13.1. The molecule has 3 amide bonds. The van der Waals surface area contributed by atoms with Crippen molar-refractivity contribution in [3.8, 4) is 17.2 Å². The van der Waals surface area contributed by atoms with Crippen LogP contribution in [0.2, 0.25) is 0 Å². The minimum atomic E-state index is -0.831. The van der Waals surface area contributed by atoms with Crippen LogP contribution in [0.1, 0.15) is 30.9 Å². The van der Waals surface area contributed by atoms with Crippen molar-refractivity contribution >= 4 is 30.0 Å². The third-order valence-corrected chi connectivity index (χ3v) is 4.57. The van der Waals surface area contributed by atoms with E-state index in [1.54, 1.807) is 6.07 Å². The minimum Gasteiger partial charge on any atom is -0.496 e. The van der Waals surface area contributed by atoms with Crippen molar-refractivity contribution in [3.63, 3.8) is 0 Å². The van der Waals surface area contributed by atoms with Gasteiger partial charge in [0, 0.05) is 42.4 Å². The number of esters is 1. The first-order valence-corrected chi connectivity index (χ1v) is 9.77. The Labute approximate surface area is 185 Å². The Morgan fingerprint density at radius 2 is 1.72 bits per heavy atom. The molecule has 172 valence electrons. The van der Waals surface area contributed by atoms with Crippen molar-refractivity contribution < 1.29 is 38.1 Å². The number of nitrogens with one attached hydrogen (secondary N) is 1. The van der Waals surface area contributed by atoms with E-state index in [2.05, 4.69) is 10.1 Å². The minimum absolute atomic E-state index is 0.00808. The summed E-state index contributed by atoms with van der Waals surface area (Å²) in [5.74, 6) is -0.688. The molecule has 0 fully saturated rings. The molecule has 1 aromatic carbocycles. The van der Waals surface area contributed by atoms with Gasteiger partial charge < -0.3 is 24.3 Å². The van der Waals surface area contributed by atoms with Crippen LogP contribution in [0.15, 0.2) is 24.3 Å². The molecule has 0 saturated heterocycles. The van der Waals surface area contributed by atoms with Gasteiger partial charge in [0.2, 0.25) is 0 Å². The Morgan fingerprint density at radius 1 is 1.06 bits per heavy atom. The van der Waals surface area contributed by atoms with E-state index in [0.29, 0.717) is 16.9 Å². The van der Waals surface area contributed by atoms with E-state index >= 15 is 0 Å². The van der Waals surface area contributed by atoms with Crippen LogP contribution >= 0.6 is 0 Å². The highest BCUT2D eigenvalue weighted by Crippen LogP contribution is 2.45. The van der Waals surface area contributed by atoms with Gasteiger partial charge in [0.05, 0.1) is 21.3 Å². The van der Waals surface area contributed by atoms with Crippen molar-refractivity contribution in [1.29, 1.82) is 0 Å². The van der Waals surface area contributed by atoms with Gasteiger partial charge in [-0.05, 0) is 18.1 Å². The Morgan fingerprint density at radius 3 is 2.25 bits per heavy atom. The molecule has 0 radical (unpaired) electrons. The number of hydrogen-bond donors (Lipinski definition) is 1. The van der Waals surface area contributed by atoms with E-state index in [-0.39, 0.29) is 30.5 Å². The van der Waals surface area contributed by atoms with E-state index in [4.69, 9.17) is 14.2 Å². The van der Waals surface area contributed by atoms with Crippen molar-refractivity contribution in [2.75, 3.05) is 34.4 Å². The van der Waals surface area contributed by atoms with Crippen LogP contribution in [0.3, 0.4) is 0 Å². The fourth-order valence-electron chi connectivity index (χ4n) is 3.07. The molecule has 0 saturated carbocycles. The molecule has 0 spiro atoms. The highest BCUT2D eigenvalue weighted by atomic mass is 16.6. The smallest absolute Gasteiger partial charge is 0.412 e. The number of ether oxygens (including phenoxy) is 4. The Kier molecular flexibility index (Phi) is 8.39. The first kappa shape index (κ1) is 24.4. The lowest BCUT2D eigenvalue weighted by molar-refractivity contribution is -0.137. The van der Waals surface area contributed by atoms with Gasteiger partial charge in [-0.25, -0.2) is 9.59 Å². The van der Waals surface area contributed by atoms with E-state index in [9.17, 15) is 19.2 Å². The first-order chi connectivity index (χ1) is 15.2. The van der Waals surface area contributed by atoms with Crippen LogP contribution in [0.5, 0.6) is 17.2 Å². The summed E-state index contributed by atoms with van der Waals surface area (Å²) in [7, 11) is 4.17. The molecular weight excluding hydrogens is 420 g/mol. The van der Waals surface area contributed by atoms with Crippen molar-refractivity contribution in [2.45, 2.75) is 19.8 Å². The van der Waals surface area contributed by atoms with Gasteiger partial charge in [-0.1, -0.05) is 13.8 Å². The second-order valence-electron chi connectivity index (χ2n) is 6.93. The summed E-state index contributed by atoms with van der Waals surface area (Å²) in [4.78, 5) is 48.2. The molecule has 0 bridgehead atoms. The molecule has 0 aromatic heterocycles. The van der Waals surface area contributed by atoms with Crippen LogP contribution in [-0.2, 0) is 19.1 Å². The summed E-state index contributed by atoms with van der Waals surface area (Å²) < 4.78 is 21.1. The van der Waals surface area contributed by atoms with Gasteiger partial charge in [0.25, 0.3) is 11.8 Å². The topological polar surface area (TPSA) is 120 Å². The second-order valence-corrected chi connectivity index (χ2v) is 6.93. The number of imide groups is 1. The number of hydrogen-bond acceptors (Lipinski definition) is 8. The fraction of sp³-hybridized carbons (Fsp3) is 0.364. The quantitative estimate of drug-likeness (QED) is 0.348. The summed E-state index contributed by atoms with van der Waals surface area (Å²) in [6.07, 6.45) is 4.08. The lowest BCUT2D eigenvalue weighted by Crippen LogP contribution is -2.39. The van der Waals surface area contributed by atoms with Gasteiger partial charge >= 0.3 is 12.1 Å². The molecule has 0 unspecified atom stereocenters. The molecule has 32 heavy (non-hydrogen) atoms. The lowest BCUT2D eigenvalue weighted by atomic mass is 9.97.